The van der Waals surface area contributed by atoms with Gasteiger partial charge < -0.3 is 24.8 Å². The third-order valence-electron chi connectivity index (χ3n) is 11.5. The Balaban J connectivity index is 1.51. The Morgan fingerprint density at radius 1 is 0.955 bits per heavy atom. The molecule has 44 heavy (non-hydrogen) atoms. The molecule has 2 unspecified atom stereocenters. The second-order valence-electron chi connectivity index (χ2n) is 14.7. The van der Waals surface area contributed by atoms with Gasteiger partial charge in [0.2, 0.25) is 0 Å². The van der Waals surface area contributed by atoms with Crippen LogP contribution in [0.1, 0.15) is 125 Å². The number of Topliss-reactive ketones (excluding diaryl/α,β-unsaturated/α-hetero) is 1. The molecule has 8 nitrogen and oxygen atoms in total. The molecule has 2 fully saturated rings. The van der Waals surface area contributed by atoms with E-state index < -0.39 is 69.7 Å². The van der Waals surface area contributed by atoms with Crippen molar-refractivity contribution in [1.29, 1.82) is 0 Å². The first-order chi connectivity index (χ1) is 20.7. The van der Waals surface area contributed by atoms with E-state index >= 15 is 0 Å². The fraction of sp³-hybridized carbons (Fsp3) is 0.806. The van der Waals surface area contributed by atoms with Crippen molar-refractivity contribution in [3.8, 4) is 0 Å². The Kier molecular flexibility index (Phi) is 10.6. The largest absolute Gasteiger partial charge is 0.458 e. The number of ether oxygens (including phenoxy) is 2. The number of hydrogen-bond donors (Lipinski definition) is 3. The molecule has 8 atom stereocenters. The first-order valence-electron chi connectivity index (χ1n) is 17.1. The number of esters is 2. The lowest BCUT2D eigenvalue weighted by molar-refractivity contribution is -0.228. The van der Waals surface area contributed by atoms with Crippen molar-refractivity contribution in [1.82, 2.24) is 0 Å². The second-order valence-corrected chi connectivity index (χ2v) is 14.7. The highest BCUT2D eigenvalue weighted by atomic mass is 16.6. The number of rotatable bonds is 15. The van der Waals surface area contributed by atoms with Crippen molar-refractivity contribution in [2.75, 3.05) is 6.61 Å². The first-order valence-corrected chi connectivity index (χ1v) is 17.1. The van der Waals surface area contributed by atoms with Gasteiger partial charge in [-0.25, -0.2) is 0 Å². The highest BCUT2D eigenvalue weighted by Gasteiger charge is 2.87. The van der Waals surface area contributed by atoms with E-state index in [1.54, 1.807) is 26.0 Å². The van der Waals surface area contributed by atoms with Crippen LogP contribution in [-0.2, 0) is 23.9 Å². The number of carbonyl (C=O) groups excluding carboxylic acids is 3. The molecule has 0 saturated heterocycles. The third-order valence-corrected chi connectivity index (χ3v) is 11.5. The molecule has 4 aliphatic carbocycles. The SMILES string of the molecule is CCCCCCCCCCCCCC(=O)O[C@@H]1[C@@H](C)C2(O)C3C=C(C)C(=O)[C@@]3(O)CC(CO)=C[C@H]2[C@@H]2C(C)(C)[C@]12OC(C)=O. The molecule has 0 bridgehead atoms. The van der Waals surface area contributed by atoms with Crippen LogP contribution >= 0.6 is 0 Å². The highest BCUT2D eigenvalue weighted by Crippen LogP contribution is 2.77. The van der Waals surface area contributed by atoms with E-state index in [1.807, 2.05) is 13.8 Å². The lowest BCUT2D eigenvalue weighted by Gasteiger charge is -2.53. The maximum atomic E-state index is 13.3. The molecular weight excluding hydrogens is 560 g/mol. The summed E-state index contributed by atoms with van der Waals surface area (Å²) in [5.74, 6) is -4.29. The van der Waals surface area contributed by atoms with Crippen LogP contribution in [0.25, 0.3) is 0 Å². The van der Waals surface area contributed by atoms with Crippen molar-refractivity contribution in [3.63, 3.8) is 0 Å². The lowest BCUT2D eigenvalue weighted by atomic mass is 9.59. The molecule has 0 aromatic rings. The Labute approximate surface area is 263 Å². The van der Waals surface area contributed by atoms with Gasteiger partial charge in [-0.1, -0.05) is 104 Å². The topological polar surface area (TPSA) is 130 Å². The number of ketones is 1. The van der Waals surface area contributed by atoms with E-state index in [-0.39, 0.29) is 19.4 Å². The molecule has 248 valence electrons. The predicted molar refractivity (Wildman–Crippen MR) is 167 cm³/mol. The van der Waals surface area contributed by atoms with Gasteiger partial charge in [0.25, 0.3) is 0 Å². The van der Waals surface area contributed by atoms with Crippen molar-refractivity contribution >= 4 is 17.7 Å². The summed E-state index contributed by atoms with van der Waals surface area (Å²) < 4.78 is 12.3. The molecule has 8 heteroatoms. The Morgan fingerprint density at radius 3 is 2.07 bits per heavy atom. The van der Waals surface area contributed by atoms with Crippen LogP contribution in [0.5, 0.6) is 0 Å². The van der Waals surface area contributed by atoms with E-state index in [1.165, 1.54) is 51.9 Å². The molecule has 0 amide bonds. The van der Waals surface area contributed by atoms with E-state index in [0.717, 1.165) is 19.3 Å². The van der Waals surface area contributed by atoms with Gasteiger partial charge in [0.15, 0.2) is 11.4 Å². The molecule has 0 aromatic heterocycles. The fourth-order valence-corrected chi connectivity index (χ4v) is 9.20. The van der Waals surface area contributed by atoms with Crippen molar-refractivity contribution in [3.05, 3.63) is 23.3 Å². The van der Waals surface area contributed by atoms with Crippen LogP contribution in [0.15, 0.2) is 23.3 Å². The molecule has 0 radical (unpaired) electrons. The van der Waals surface area contributed by atoms with Crippen LogP contribution in [0.4, 0.5) is 0 Å². The molecule has 0 heterocycles. The summed E-state index contributed by atoms with van der Waals surface area (Å²) in [5, 5.41) is 34.8. The summed E-state index contributed by atoms with van der Waals surface area (Å²) in [7, 11) is 0. The van der Waals surface area contributed by atoms with E-state index in [2.05, 4.69) is 6.92 Å². The Bertz CT molecular complexity index is 1150. The number of aliphatic hydroxyl groups is 3. The van der Waals surface area contributed by atoms with Crippen molar-refractivity contribution in [2.45, 2.75) is 148 Å². The molecule has 4 aliphatic rings. The molecular formula is C36H56O8. The standard InChI is InChI=1S/C36H56O8/c1-7-8-9-10-11-12-13-14-15-16-17-18-29(39)43-32-24(3)35(42)27(30-33(5,6)36(30,32)44-25(4)38)20-26(22-37)21-34(41)28(35)19-23(2)31(34)40/h19-20,24,27-28,30,32,37,41-42H,7-18,21-22H2,1-6H3/t24-,27+,28?,30-,32-,34-,35?,36-/m1/s1. The summed E-state index contributed by atoms with van der Waals surface area (Å²) in [6.07, 6.45) is 15.4. The summed E-state index contributed by atoms with van der Waals surface area (Å²) >= 11 is 0. The maximum absolute atomic E-state index is 13.3. The van der Waals surface area contributed by atoms with Crippen LogP contribution in [0.3, 0.4) is 0 Å². The molecule has 0 aromatic carbocycles. The van der Waals surface area contributed by atoms with Crippen LogP contribution in [0.2, 0.25) is 0 Å². The first kappa shape index (κ1) is 34.8. The van der Waals surface area contributed by atoms with Gasteiger partial charge in [-0.05, 0) is 24.5 Å². The van der Waals surface area contributed by atoms with Gasteiger partial charge in [0, 0.05) is 48.9 Å². The average molecular weight is 617 g/mol. The van der Waals surface area contributed by atoms with Crippen molar-refractivity contribution < 1.29 is 39.2 Å². The average Bonchev–Trinajstić information content (AvgIpc) is 3.38. The number of aliphatic hydroxyl groups excluding tert-OH is 1. The van der Waals surface area contributed by atoms with Crippen LogP contribution in [-0.4, -0.2) is 62.6 Å². The molecule has 0 aliphatic heterocycles. The Morgan fingerprint density at radius 2 is 1.52 bits per heavy atom. The predicted octanol–water partition coefficient (Wildman–Crippen LogP) is 5.75. The number of hydrogen-bond acceptors (Lipinski definition) is 8. The zero-order chi connectivity index (χ0) is 32.5. The zero-order valence-electron chi connectivity index (χ0n) is 27.8. The number of carbonyl (C=O) groups is 3. The molecule has 2 saturated carbocycles. The molecule has 3 N–H and O–H groups in total. The summed E-state index contributed by atoms with van der Waals surface area (Å²) in [6.45, 7) is 10.4. The number of unbranched alkanes of at least 4 members (excludes halogenated alkanes) is 10. The van der Waals surface area contributed by atoms with Gasteiger partial charge in [-0.3, -0.25) is 14.4 Å². The zero-order valence-corrected chi connectivity index (χ0v) is 27.8. The minimum Gasteiger partial charge on any atom is -0.458 e. The lowest BCUT2D eigenvalue weighted by Crippen LogP contribution is -2.66. The number of fused-ring (bicyclic) bond motifs is 5. The quantitative estimate of drug-likeness (QED) is 0.120. The van der Waals surface area contributed by atoms with Crippen molar-refractivity contribution in [2.24, 2.45) is 29.1 Å². The fourth-order valence-electron chi connectivity index (χ4n) is 9.20. The van der Waals surface area contributed by atoms with Gasteiger partial charge in [0.05, 0.1) is 12.2 Å². The minimum atomic E-state index is -1.93. The van der Waals surface area contributed by atoms with E-state index in [9.17, 15) is 29.7 Å². The van der Waals surface area contributed by atoms with Gasteiger partial charge in [0.1, 0.15) is 11.7 Å². The van der Waals surface area contributed by atoms with Gasteiger partial charge in [-0.15, -0.1) is 0 Å². The van der Waals surface area contributed by atoms with Gasteiger partial charge >= 0.3 is 11.9 Å². The van der Waals surface area contributed by atoms with E-state index in [4.69, 9.17) is 9.47 Å². The molecule has 4 rings (SSSR count). The second kappa shape index (κ2) is 13.4. The summed E-state index contributed by atoms with van der Waals surface area (Å²) in [5.41, 5.74) is -4.71. The van der Waals surface area contributed by atoms with Crippen LogP contribution < -0.4 is 0 Å². The summed E-state index contributed by atoms with van der Waals surface area (Å²) in [4.78, 5) is 39.1. The van der Waals surface area contributed by atoms with E-state index in [0.29, 0.717) is 17.6 Å². The summed E-state index contributed by atoms with van der Waals surface area (Å²) in [6, 6.07) is 0. The minimum absolute atomic E-state index is 0.108. The maximum Gasteiger partial charge on any atom is 0.306 e. The van der Waals surface area contributed by atoms with Crippen LogP contribution in [0, 0.1) is 29.1 Å². The molecule has 0 spiro atoms. The van der Waals surface area contributed by atoms with Gasteiger partial charge in [-0.2, -0.15) is 0 Å². The third kappa shape index (κ3) is 5.84. The normalized spacial score (nSPS) is 36.8. The Hall–Kier alpha value is -2.03. The highest BCUT2D eigenvalue weighted by molar-refractivity contribution is 6.04. The smallest absolute Gasteiger partial charge is 0.306 e. The monoisotopic (exact) mass is 616 g/mol.